The van der Waals surface area contributed by atoms with E-state index in [2.05, 4.69) is 10.6 Å². The van der Waals surface area contributed by atoms with Crippen LogP contribution in [0.25, 0.3) is 0 Å². The molecular weight excluding hydrogens is 278 g/mol. The monoisotopic (exact) mass is 299 g/mol. The molecule has 4 N–H and O–H groups in total. The van der Waals surface area contributed by atoms with Crippen LogP contribution < -0.4 is 16.4 Å². The Kier molecular flexibility index (Phi) is 7.24. The summed E-state index contributed by atoms with van der Waals surface area (Å²) in [6, 6.07) is 7.52. The Bertz CT molecular complexity index is 452. The summed E-state index contributed by atoms with van der Waals surface area (Å²) in [5, 5.41) is 5.49. The molecule has 5 nitrogen and oxygen atoms in total. The Morgan fingerprint density at radius 2 is 1.75 bits per heavy atom. The predicted octanol–water partition coefficient (Wildman–Crippen LogP) is 1.46. The second kappa shape index (κ2) is 7.87. The molecule has 0 aliphatic rings. The molecule has 0 bridgehead atoms. The van der Waals surface area contributed by atoms with Gasteiger partial charge in [-0.1, -0.05) is 12.1 Å². The summed E-state index contributed by atoms with van der Waals surface area (Å²) >= 11 is 0. The second-order valence-electron chi connectivity index (χ2n) is 5.11. The van der Waals surface area contributed by atoms with Crippen LogP contribution in [0.3, 0.4) is 0 Å². The van der Waals surface area contributed by atoms with Crippen LogP contribution in [0, 0.1) is 0 Å². The lowest BCUT2D eigenvalue weighted by molar-refractivity contribution is -0.125. The van der Waals surface area contributed by atoms with Gasteiger partial charge in [-0.05, 0) is 38.0 Å². The molecule has 0 aliphatic heterocycles. The number of hydrogen-bond donors (Lipinski definition) is 3. The summed E-state index contributed by atoms with van der Waals surface area (Å²) < 4.78 is 0. The van der Waals surface area contributed by atoms with Gasteiger partial charge in [-0.15, -0.1) is 12.4 Å². The molecule has 2 amide bonds. The molecule has 0 heterocycles. The standard InChI is InChI=1S/C14H21N3O2.ClH/c1-10(18)17-12-6-4-11(5-7-12)8-9-16-13(19)14(2,3)15;/h4-7H,8-9,15H2,1-3H3,(H,16,19)(H,17,18);1H. The number of anilines is 1. The van der Waals surface area contributed by atoms with Gasteiger partial charge in [0.1, 0.15) is 0 Å². The first-order valence-corrected chi connectivity index (χ1v) is 6.23. The third-order valence-corrected chi connectivity index (χ3v) is 2.56. The smallest absolute Gasteiger partial charge is 0.239 e. The van der Waals surface area contributed by atoms with Gasteiger partial charge < -0.3 is 16.4 Å². The van der Waals surface area contributed by atoms with Crippen LogP contribution in [0.2, 0.25) is 0 Å². The van der Waals surface area contributed by atoms with Crippen molar-refractivity contribution in [1.82, 2.24) is 5.32 Å². The molecule has 20 heavy (non-hydrogen) atoms. The summed E-state index contributed by atoms with van der Waals surface area (Å²) in [6.45, 7) is 5.35. The van der Waals surface area contributed by atoms with Crippen LogP contribution in [0.4, 0.5) is 5.69 Å². The fraction of sp³-hybridized carbons (Fsp3) is 0.429. The van der Waals surface area contributed by atoms with E-state index >= 15 is 0 Å². The minimum Gasteiger partial charge on any atom is -0.354 e. The number of hydrogen-bond acceptors (Lipinski definition) is 3. The number of nitrogens with one attached hydrogen (secondary N) is 2. The zero-order valence-electron chi connectivity index (χ0n) is 12.0. The van der Waals surface area contributed by atoms with Crippen LogP contribution in [0.1, 0.15) is 26.3 Å². The minimum atomic E-state index is -0.852. The SMILES string of the molecule is CC(=O)Nc1ccc(CCNC(=O)C(C)(C)N)cc1.Cl. The van der Waals surface area contributed by atoms with E-state index in [1.165, 1.54) is 6.92 Å². The zero-order chi connectivity index (χ0) is 14.5. The van der Waals surface area contributed by atoms with E-state index in [-0.39, 0.29) is 24.2 Å². The molecule has 0 spiro atoms. The average Bonchev–Trinajstić information content (AvgIpc) is 2.29. The van der Waals surface area contributed by atoms with E-state index < -0.39 is 5.54 Å². The summed E-state index contributed by atoms with van der Waals surface area (Å²) in [5.74, 6) is -0.257. The fourth-order valence-electron chi connectivity index (χ4n) is 1.51. The van der Waals surface area contributed by atoms with Gasteiger partial charge in [0.15, 0.2) is 0 Å². The molecule has 0 saturated heterocycles. The van der Waals surface area contributed by atoms with Crippen molar-refractivity contribution in [1.29, 1.82) is 0 Å². The maximum Gasteiger partial charge on any atom is 0.239 e. The highest BCUT2D eigenvalue weighted by atomic mass is 35.5. The van der Waals surface area contributed by atoms with E-state index in [1.54, 1.807) is 13.8 Å². The van der Waals surface area contributed by atoms with Crippen LogP contribution in [-0.4, -0.2) is 23.9 Å². The van der Waals surface area contributed by atoms with Gasteiger partial charge in [0.2, 0.25) is 11.8 Å². The van der Waals surface area contributed by atoms with E-state index in [1.807, 2.05) is 24.3 Å². The van der Waals surface area contributed by atoms with Crippen molar-refractivity contribution >= 4 is 29.9 Å². The molecule has 0 aliphatic carbocycles. The maximum atomic E-state index is 11.5. The predicted molar refractivity (Wildman–Crippen MR) is 83.0 cm³/mol. The van der Waals surface area contributed by atoms with Crippen molar-refractivity contribution in [2.75, 3.05) is 11.9 Å². The quantitative estimate of drug-likeness (QED) is 0.769. The van der Waals surface area contributed by atoms with E-state index in [9.17, 15) is 9.59 Å². The van der Waals surface area contributed by atoms with Gasteiger partial charge in [-0.25, -0.2) is 0 Å². The van der Waals surface area contributed by atoms with Gasteiger partial charge in [-0.3, -0.25) is 9.59 Å². The molecule has 0 radical (unpaired) electrons. The molecule has 0 fully saturated rings. The van der Waals surface area contributed by atoms with Crippen molar-refractivity contribution < 1.29 is 9.59 Å². The highest BCUT2D eigenvalue weighted by Gasteiger charge is 2.20. The van der Waals surface area contributed by atoms with E-state index in [0.29, 0.717) is 6.54 Å². The number of carbonyl (C=O) groups excluding carboxylic acids is 2. The van der Waals surface area contributed by atoms with Gasteiger partial charge in [0.25, 0.3) is 0 Å². The minimum absolute atomic E-state index is 0. The molecule has 1 aromatic rings. The van der Waals surface area contributed by atoms with Gasteiger partial charge in [0, 0.05) is 19.2 Å². The largest absolute Gasteiger partial charge is 0.354 e. The van der Waals surface area contributed by atoms with Crippen LogP contribution >= 0.6 is 12.4 Å². The fourth-order valence-corrected chi connectivity index (χ4v) is 1.51. The van der Waals surface area contributed by atoms with E-state index in [0.717, 1.165) is 17.7 Å². The van der Waals surface area contributed by atoms with Crippen LogP contribution in [0.15, 0.2) is 24.3 Å². The third kappa shape index (κ3) is 6.54. The zero-order valence-corrected chi connectivity index (χ0v) is 12.8. The molecule has 1 aromatic carbocycles. The molecule has 0 saturated carbocycles. The molecule has 0 aromatic heterocycles. The molecular formula is C14H22ClN3O2. The summed E-state index contributed by atoms with van der Waals surface area (Å²) in [5.41, 5.74) is 6.67. The van der Waals surface area contributed by atoms with Crippen molar-refractivity contribution in [2.24, 2.45) is 5.73 Å². The lowest BCUT2D eigenvalue weighted by Crippen LogP contribution is -2.49. The molecule has 112 valence electrons. The maximum absolute atomic E-state index is 11.5. The van der Waals surface area contributed by atoms with Crippen molar-refractivity contribution in [2.45, 2.75) is 32.7 Å². The van der Waals surface area contributed by atoms with Gasteiger partial charge in [-0.2, -0.15) is 0 Å². The lowest BCUT2D eigenvalue weighted by atomic mass is 10.1. The number of nitrogens with two attached hydrogens (primary N) is 1. The summed E-state index contributed by atoms with van der Waals surface area (Å²) in [4.78, 5) is 22.4. The Balaban J connectivity index is 0.00000361. The first-order valence-electron chi connectivity index (χ1n) is 6.23. The average molecular weight is 300 g/mol. The molecule has 0 atom stereocenters. The number of carbonyl (C=O) groups is 2. The first-order chi connectivity index (χ1) is 8.79. The Hall–Kier alpha value is -1.59. The Morgan fingerprint density at radius 1 is 1.20 bits per heavy atom. The Labute approximate surface area is 125 Å². The highest BCUT2D eigenvalue weighted by Crippen LogP contribution is 2.09. The van der Waals surface area contributed by atoms with Crippen LogP contribution in [0.5, 0.6) is 0 Å². The van der Waals surface area contributed by atoms with Crippen molar-refractivity contribution in [3.05, 3.63) is 29.8 Å². The lowest BCUT2D eigenvalue weighted by Gasteiger charge is -2.17. The highest BCUT2D eigenvalue weighted by molar-refractivity contribution is 5.88. The van der Waals surface area contributed by atoms with E-state index in [4.69, 9.17) is 5.73 Å². The van der Waals surface area contributed by atoms with Crippen molar-refractivity contribution in [3.63, 3.8) is 0 Å². The second-order valence-corrected chi connectivity index (χ2v) is 5.11. The topological polar surface area (TPSA) is 84.2 Å². The summed E-state index contributed by atoms with van der Waals surface area (Å²) in [7, 11) is 0. The first kappa shape index (κ1) is 18.4. The Morgan fingerprint density at radius 3 is 2.20 bits per heavy atom. The van der Waals surface area contributed by atoms with Crippen molar-refractivity contribution in [3.8, 4) is 0 Å². The number of amides is 2. The number of benzene rings is 1. The number of halogens is 1. The summed E-state index contributed by atoms with van der Waals surface area (Å²) in [6.07, 6.45) is 0.724. The van der Waals surface area contributed by atoms with Gasteiger partial charge >= 0.3 is 0 Å². The molecule has 1 rings (SSSR count). The number of rotatable bonds is 5. The normalized spacial score (nSPS) is 10.4. The van der Waals surface area contributed by atoms with Gasteiger partial charge in [0.05, 0.1) is 5.54 Å². The molecule has 0 unspecified atom stereocenters. The van der Waals surface area contributed by atoms with Crippen LogP contribution in [-0.2, 0) is 16.0 Å². The third-order valence-electron chi connectivity index (χ3n) is 2.56. The molecule has 6 heteroatoms.